The lowest BCUT2D eigenvalue weighted by atomic mass is 9.96. The molecule has 0 bridgehead atoms. The molecular weight excluding hydrogens is 388 g/mol. The van der Waals surface area contributed by atoms with Gasteiger partial charge >= 0.3 is 0 Å². The molecular formula is C21H26N4O3S. The fraction of sp³-hybridized carbons (Fsp3) is 0.429. The van der Waals surface area contributed by atoms with Crippen LogP contribution >= 0.6 is 11.3 Å². The van der Waals surface area contributed by atoms with Gasteiger partial charge in [0.1, 0.15) is 5.82 Å². The zero-order valence-electron chi connectivity index (χ0n) is 16.7. The molecule has 2 N–H and O–H groups in total. The van der Waals surface area contributed by atoms with E-state index in [1.165, 1.54) is 18.3 Å². The number of aromatic nitrogens is 1. The molecule has 1 aliphatic heterocycles. The van der Waals surface area contributed by atoms with Crippen LogP contribution in [0.5, 0.6) is 0 Å². The highest BCUT2D eigenvalue weighted by molar-refractivity contribution is 7.10. The zero-order chi connectivity index (χ0) is 20.8. The van der Waals surface area contributed by atoms with Gasteiger partial charge in [-0.25, -0.2) is 4.98 Å². The predicted molar refractivity (Wildman–Crippen MR) is 112 cm³/mol. The van der Waals surface area contributed by atoms with Crippen LogP contribution in [0.15, 0.2) is 35.7 Å². The second kappa shape index (κ2) is 9.65. The monoisotopic (exact) mass is 414 g/mol. The summed E-state index contributed by atoms with van der Waals surface area (Å²) < 4.78 is 0. The van der Waals surface area contributed by atoms with Gasteiger partial charge in [0.05, 0.1) is 18.4 Å². The molecule has 1 aliphatic rings. The van der Waals surface area contributed by atoms with E-state index < -0.39 is 0 Å². The number of likely N-dealkylation sites (tertiary alicyclic amines) is 1. The fourth-order valence-corrected chi connectivity index (χ4v) is 4.30. The number of piperidine rings is 1. The van der Waals surface area contributed by atoms with E-state index in [1.807, 2.05) is 36.6 Å². The van der Waals surface area contributed by atoms with Crippen LogP contribution in [0.25, 0.3) is 0 Å². The van der Waals surface area contributed by atoms with E-state index in [4.69, 9.17) is 0 Å². The quantitative estimate of drug-likeness (QED) is 0.760. The molecule has 2 atom stereocenters. The molecule has 1 fully saturated rings. The molecule has 0 aromatic carbocycles. The van der Waals surface area contributed by atoms with Crippen molar-refractivity contribution in [2.24, 2.45) is 5.92 Å². The van der Waals surface area contributed by atoms with Crippen LogP contribution in [0.4, 0.5) is 5.82 Å². The summed E-state index contributed by atoms with van der Waals surface area (Å²) >= 11 is 1.51. The van der Waals surface area contributed by atoms with E-state index in [2.05, 4.69) is 15.6 Å². The largest absolute Gasteiger partial charge is 0.348 e. The third kappa shape index (κ3) is 5.87. The van der Waals surface area contributed by atoms with Crippen LogP contribution in [0.3, 0.4) is 0 Å². The minimum atomic E-state index is -0.342. The highest BCUT2D eigenvalue weighted by Crippen LogP contribution is 2.25. The average Bonchev–Trinajstić information content (AvgIpc) is 3.22. The number of carbonyl (C=O) groups is 3. The molecule has 2 unspecified atom stereocenters. The zero-order valence-corrected chi connectivity index (χ0v) is 17.5. The van der Waals surface area contributed by atoms with Crippen molar-refractivity contribution in [1.82, 2.24) is 15.2 Å². The number of hydrogen-bond donors (Lipinski definition) is 2. The number of carbonyl (C=O) groups excluding carboxylic acids is 3. The Morgan fingerprint density at radius 3 is 2.79 bits per heavy atom. The van der Waals surface area contributed by atoms with Crippen molar-refractivity contribution in [3.8, 4) is 0 Å². The SMILES string of the molecule is CC(=O)NC(CC(=O)N1CCCC(C(=O)Nc2cccc(C)n2)C1)c1cccs1. The Morgan fingerprint density at radius 2 is 2.10 bits per heavy atom. The van der Waals surface area contributed by atoms with Gasteiger partial charge < -0.3 is 15.5 Å². The summed E-state index contributed by atoms with van der Waals surface area (Å²) in [6.45, 7) is 4.33. The molecule has 2 aromatic heterocycles. The van der Waals surface area contributed by atoms with Crippen molar-refractivity contribution in [2.45, 2.75) is 39.2 Å². The van der Waals surface area contributed by atoms with E-state index in [-0.39, 0.29) is 36.1 Å². The van der Waals surface area contributed by atoms with E-state index in [0.717, 1.165) is 23.4 Å². The summed E-state index contributed by atoms with van der Waals surface area (Å²) in [5.41, 5.74) is 0.834. The lowest BCUT2D eigenvalue weighted by Crippen LogP contribution is -2.45. The molecule has 1 saturated heterocycles. The maximum absolute atomic E-state index is 12.9. The summed E-state index contributed by atoms with van der Waals surface area (Å²) in [4.78, 5) is 44.1. The summed E-state index contributed by atoms with van der Waals surface area (Å²) in [7, 11) is 0. The van der Waals surface area contributed by atoms with Gasteiger partial charge in [-0.15, -0.1) is 11.3 Å². The van der Waals surface area contributed by atoms with E-state index in [1.54, 1.807) is 11.0 Å². The number of nitrogens with one attached hydrogen (secondary N) is 2. The molecule has 29 heavy (non-hydrogen) atoms. The number of thiophene rings is 1. The Morgan fingerprint density at radius 1 is 1.28 bits per heavy atom. The van der Waals surface area contributed by atoms with Crippen LogP contribution < -0.4 is 10.6 Å². The number of aryl methyl sites for hydroxylation is 1. The molecule has 0 aliphatic carbocycles. The van der Waals surface area contributed by atoms with Crippen molar-refractivity contribution < 1.29 is 14.4 Å². The molecule has 154 valence electrons. The van der Waals surface area contributed by atoms with Crippen molar-refractivity contribution >= 4 is 34.9 Å². The van der Waals surface area contributed by atoms with Gasteiger partial charge in [-0.2, -0.15) is 0 Å². The Bertz CT molecular complexity index is 869. The third-order valence-electron chi connectivity index (χ3n) is 4.93. The van der Waals surface area contributed by atoms with Crippen molar-refractivity contribution in [1.29, 1.82) is 0 Å². The van der Waals surface area contributed by atoms with Crippen LogP contribution in [0, 0.1) is 12.8 Å². The van der Waals surface area contributed by atoms with Crippen LogP contribution in [0.1, 0.15) is 42.8 Å². The molecule has 2 aromatic rings. The predicted octanol–water partition coefficient (Wildman–Crippen LogP) is 2.90. The summed E-state index contributed by atoms with van der Waals surface area (Å²) in [5, 5.41) is 7.64. The minimum Gasteiger partial charge on any atom is -0.348 e. The summed E-state index contributed by atoms with van der Waals surface area (Å²) in [6, 6.07) is 8.96. The maximum Gasteiger partial charge on any atom is 0.230 e. The standard InChI is InChI=1S/C21H26N4O3S/c1-14-6-3-9-19(22-14)24-21(28)16-7-4-10-25(13-16)20(27)12-17(23-15(2)26)18-8-5-11-29-18/h3,5-6,8-9,11,16-17H,4,7,10,12-13H2,1-2H3,(H,23,26)(H,22,24,28). The van der Waals surface area contributed by atoms with Gasteiger partial charge in [0.25, 0.3) is 0 Å². The molecule has 7 nitrogen and oxygen atoms in total. The van der Waals surface area contributed by atoms with Gasteiger partial charge in [0.2, 0.25) is 17.7 Å². The number of nitrogens with zero attached hydrogens (tertiary/aromatic N) is 2. The fourth-order valence-electron chi connectivity index (χ4n) is 3.52. The summed E-state index contributed by atoms with van der Waals surface area (Å²) in [6.07, 6.45) is 1.70. The van der Waals surface area contributed by atoms with E-state index in [9.17, 15) is 14.4 Å². The van der Waals surface area contributed by atoms with Crippen molar-refractivity contribution in [3.63, 3.8) is 0 Å². The van der Waals surface area contributed by atoms with E-state index in [0.29, 0.717) is 18.9 Å². The highest BCUT2D eigenvalue weighted by Gasteiger charge is 2.30. The normalized spacial score (nSPS) is 17.4. The average molecular weight is 415 g/mol. The molecule has 0 saturated carbocycles. The second-order valence-electron chi connectivity index (χ2n) is 7.31. The van der Waals surface area contributed by atoms with Crippen LogP contribution in [0.2, 0.25) is 0 Å². The lowest BCUT2D eigenvalue weighted by Gasteiger charge is -2.33. The first-order chi connectivity index (χ1) is 13.9. The molecule has 3 rings (SSSR count). The minimum absolute atomic E-state index is 0.0525. The van der Waals surface area contributed by atoms with Gasteiger partial charge in [0, 0.05) is 30.6 Å². The first-order valence-electron chi connectivity index (χ1n) is 9.75. The molecule has 0 spiro atoms. The number of rotatable bonds is 6. The molecule has 3 heterocycles. The van der Waals surface area contributed by atoms with Crippen molar-refractivity contribution in [2.75, 3.05) is 18.4 Å². The van der Waals surface area contributed by atoms with Crippen LogP contribution in [-0.2, 0) is 14.4 Å². The molecule has 8 heteroatoms. The second-order valence-corrected chi connectivity index (χ2v) is 8.28. The smallest absolute Gasteiger partial charge is 0.230 e. The van der Waals surface area contributed by atoms with Crippen LogP contribution in [-0.4, -0.2) is 40.7 Å². The van der Waals surface area contributed by atoms with Gasteiger partial charge in [-0.05, 0) is 43.3 Å². The number of anilines is 1. The summed E-state index contributed by atoms with van der Waals surface area (Å²) in [5.74, 6) is -0.0730. The Labute approximate surface area is 174 Å². The Kier molecular flexibility index (Phi) is 6.98. The Hall–Kier alpha value is -2.74. The number of pyridine rings is 1. The van der Waals surface area contributed by atoms with E-state index >= 15 is 0 Å². The third-order valence-corrected chi connectivity index (χ3v) is 5.91. The van der Waals surface area contributed by atoms with Gasteiger partial charge in [-0.1, -0.05) is 12.1 Å². The van der Waals surface area contributed by atoms with Gasteiger partial charge in [0.15, 0.2) is 0 Å². The highest BCUT2D eigenvalue weighted by atomic mass is 32.1. The number of amides is 3. The Balaban J connectivity index is 1.60. The lowest BCUT2D eigenvalue weighted by molar-refractivity contribution is -0.135. The first-order valence-corrected chi connectivity index (χ1v) is 10.6. The molecule has 0 radical (unpaired) electrons. The maximum atomic E-state index is 12.9. The topological polar surface area (TPSA) is 91.4 Å². The van der Waals surface area contributed by atoms with Gasteiger partial charge in [-0.3, -0.25) is 14.4 Å². The number of hydrogen-bond acceptors (Lipinski definition) is 5. The van der Waals surface area contributed by atoms with Crippen molar-refractivity contribution in [3.05, 3.63) is 46.3 Å². The first kappa shape index (κ1) is 21.0. The molecule has 3 amide bonds.